The summed E-state index contributed by atoms with van der Waals surface area (Å²) in [6.07, 6.45) is 0. The Labute approximate surface area is 135 Å². The molecule has 0 aromatic heterocycles. The van der Waals surface area contributed by atoms with Crippen LogP contribution in [0.5, 0.6) is 0 Å². The van der Waals surface area contributed by atoms with E-state index >= 15 is 0 Å². The van der Waals surface area contributed by atoms with Crippen LogP contribution in [0.4, 0.5) is 5.69 Å². The van der Waals surface area contributed by atoms with Crippen LogP contribution in [0.3, 0.4) is 0 Å². The molecular formula is C20H17NO2. The molecule has 114 valence electrons. The molecule has 2 N–H and O–H groups in total. The first kappa shape index (κ1) is 15.0. The third kappa shape index (κ3) is 3.65. The van der Waals surface area contributed by atoms with Crippen molar-refractivity contribution in [1.82, 2.24) is 0 Å². The molecule has 3 heteroatoms. The molecule has 0 heterocycles. The van der Waals surface area contributed by atoms with E-state index in [1.165, 1.54) is 0 Å². The summed E-state index contributed by atoms with van der Waals surface area (Å²) >= 11 is 0. The second-order valence-corrected chi connectivity index (χ2v) is 5.26. The normalized spacial score (nSPS) is 10.3. The van der Waals surface area contributed by atoms with E-state index in [1.54, 1.807) is 18.2 Å². The Morgan fingerprint density at radius 2 is 1.52 bits per heavy atom. The zero-order valence-corrected chi connectivity index (χ0v) is 12.6. The monoisotopic (exact) mass is 303 g/mol. The Morgan fingerprint density at radius 3 is 2.22 bits per heavy atom. The van der Waals surface area contributed by atoms with Crippen molar-refractivity contribution in [2.24, 2.45) is 0 Å². The van der Waals surface area contributed by atoms with E-state index in [1.807, 2.05) is 60.7 Å². The summed E-state index contributed by atoms with van der Waals surface area (Å²) in [5, 5.41) is 12.0. The van der Waals surface area contributed by atoms with Crippen molar-refractivity contribution in [3.63, 3.8) is 0 Å². The lowest BCUT2D eigenvalue weighted by atomic mass is 10.0. The van der Waals surface area contributed by atoms with Gasteiger partial charge in [0, 0.05) is 11.3 Å². The number of carbonyl (C=O) groups excluding carboxylic acids is 1. The van der Waals surface area contributed by atoms with Gasteiger partial charge in [-0.15, -0.1) is 0 Å². The number of anilines is 1. The van der Waals surface area contributed by atoms with Crippen LogP contribution in [0.1, 0.15) is 15.9 Å². The van der Waals surface area contributed by atoms with Crippen LogP contribution < -0.4 is 5.32 Å². The highest BCUT2D eigenvalue weighted by Gasteiger charge is 2.07. The zero-order valence-electron chi connectivity index (χ0n) is 12.6. The average molecular weight is 303 g/mol. The van der Waals surface area contributed by atoms with Gasteiger partial charge in [0.25, 0.3) is 5.91 Å². The summed E-state index contributed by atoms with van der Waals surface area (Å²) in [7, 11) is 0. The topological polar surface area (TPSA) is 49.3 Å². The van der Waals surface area contributed by atoms with Gasteiger partial charge in [0.05, 0.1) is 6.61 Å². The van der Waals surface area contributed by atoms with Crippen molar-refractivity contribution in [2.75, 3.05) is 5.32 Å². The number of carbonyl (C=O) groups is 1. The molecular weight excluding hydrogens is 286 g/mol. The number of nitrogens with one attached hydrogen (secondary N) is 1. The lowest BCUT2D eigenvalue weighted by molar-refractivity contribution is 0.102. The molecule has 0 aliphatic heterocycles. The Hall–Kier alpha value is -2.91. The minimum Gasteiger partial charge on any atom is -0.392 e. The molecule has 3 aromatic rings. The van der Waals surface area contributed by atoms with E-state index < -0.39 is 0 Å². The van der Waals surface area contributed by atoms with Crippen LogP contribution in [0.15, 0.2) is 78.9 Å². The lowest BCUT2D eigenvalue weighted by Crippen LogP contribution is -2.11. The molecule has 0 bridgehead atoms. The summed E-state index contributed by atoms with van der Waals surface area (Å²) in [5.74, 6) is -0.167. The van der Waals surface area contributed by atoms with Gasteiger partial charge in [0.2, 0.25) is 0 Å². The molecule has 1 amide bonds. The second kappa shape index (κ2) is 6.90. The summed E-state index contributed by atoms with van der Waals surface area (Å²) in [4.78, 5) is 12.3. The Bertz CT molecular complexity index is 795. The van der Waals surface area contributed by atoms with E-state index in [4.69, 9.17) is 5.11 Å². The number of aliphatic hydroxyl groups excluding tert-OH is 1. The predicted octanol–water partition coefficient (Wildman–Crippen LogP) is 4.10. The number of rotatable bonds is 4. The maximum atomic E-state index is 12.3. The minimum absolute atomic E-state index is 0.0461. The van der Waals surface area contributed by atoms with Crippen LogP contribution in [-0.4, -0.2) is 11.0 Å². The smallest absolute Gasteiger partial charge is 0.255 e. The number of aliphatic hydroxyl groups is 1. The van der Waals surface area contributed by atoms with Crippen molar-refractivity contribution in [2.45, 2.75) is 6.61 Å². The molecule has 0 aliphatic carbocycles. The Balaban J connectivity index is 1.75. The molecule has 0 saturated carbocycles. The third-order valence-electron chi connectivity index (χ3n) is 3.62. The summed E-state index contributed by atoms with van der Waals surface area (Å²) in [6, 6.07) is 24.7. The molecule has 3 rings (SSSR count). The maximum Gasteiger partial charge on any atom is 0.255 e. The standard InChI is InChI=1S/C20H17NO2/c22-14-15-5-4-8-19(13-15)21-20(23)18-11-9-17(10-12-18)16-6-2-1-3-7-16/h1-13,22H,14H2,(H,21,23). The molecule has 0 spiro atoms. The second-order valence-electron chi connectivity index (χ2n) is 5.26. The van der Waals surface area contributed by atoms with Crippen molar-refractivity contribution in [3.05, 3.63) is 90.0 Å². The summed E-state index contributed by atoms with van der Waals surface area (Å²) < 4.78 is 0. The van der Waals surface area contributed by atoms with E-state index in [0.29, 0.717) is 11.3 Å². The number of hydrogen-bond donors (Lipinski definition) is 2. The Morgan fingerprint density at radius 1 is 0.826 bits per heavy atom. The lowest BCUT2D eigenvalue weighted by Gasteiger charge is -2.07. The van der Waals surface area contributed by atoms with E-state index in [-0.39, 0.29) is 12.5 Å². The Kier molecular flexibility index (Phi) is 4.50. The van der Waals surface area contributed by atoms with Gasteiger partial charge < -0.3 is 10.4 Å². The molecule has 0 atom stereocenters. The first-order valence-corrected chi connectivity index (χ1v) is 7.43. The highest BCUT2D eigenvalue weighted by molar-refractivity contribution is 6.04. The molecule has 3 aromatic carbocycles. The van der Waals surface area contributed by atoms with Gasteiger partial charge in [-0.3, -0.25) is 4.79 Å². The van der Waals surface area contributed by atoms with Gasteiger partial charge in [-0.05, 0) is 41.0 Å². The molecule has 0 aliphatic rings. The minimum atomic E-state index is -0.167. The van der Waals surface area contributed by atoms with Gasteiger partial charge in [-0.25, -0.2) is 0 Å². The number of benzene rings is 3. The average Bonchev–Trinajstić information content (AvgIpc) is 2.63. The molecule has 0 saturated heterocycles. The van der Waals surface area contributed by atoms with Gasteiger partial charge in [0.15, 0.2) is 0 Å². The van der Waals surface area contributed by atoms with Crippen LogP contribution in [0, 0.1) is 0 Å². The summed E-state index contributed by atoms with van der Waals surface area (Å²) in [6.45, 7) is -0.0461. The van der Waals surface area contributed by atoms with Crippen molar-refractivity contribution < 1.29 is 9.90 Å². The quantitative estimate of drug-likeness (QED) is 0.762. The SMILES string of the molecule is O=C(Nc1cccc(CO)c1)c1ccc(-c2ccccc2)cc1. The fourth-order valence-corrected chi connectivity index (χ4v) is 2.40. The van der Waals surface area contributed by atoms with Crippen LogP contribution in [0.2, 0.25) is 0 Å². The molecule has 23 heavy (non-hydrogen) atoms. The molecule has 0 unspecified atom stereocenters. The van der Waals surface area contributed by atoms with Crippen molar-refractivity contribution >= 4 is 11.6 Å². The van der Waals surface area contributed by atoms with Gasteiger partial charge in [-0.1, -0.05) is 54.6 Å². The first-order valence-electron chi connectivity index (χ1n) is 7.43. The third-order valence-corrected chi connectivity index (χ3v) is 3.62. The molecule has 0 fully saturated rings. The van der Waals surface area contributed by atoms with Gasteiger partial charge in [0.1, 0.15) is 0 Å². The van der Waals surface area contributed by atoms with Crippen molar-refractivity contribution in [3.8, 4) is 11.1 Å². The van der Waals surface area contributed by atoms with Crippen molar-refractivity contribution in [1.29, 1.82) is 0 Å². The summed E-state index contributed by atoms with van der Waals surface area (Å²) in [5.41, 5.74) is 4.23. The molecule has 3 nitrogen and oxygen atoms in total. The number of hydrogen-bond acceptors (Lipinski definition) is 2. The van der Waals surface area contributed by atoms with E-state index in [2.05, 4.69) is 5.32 Å². The van der Waals surface area contributed by atoms with Crippen LogP contribution in [-0.2, 0) is 6.61 Å². The predicted molar refractivity (Wildman–Crippen MR) is 92.2 cm³/mol. The van der Waals surface area contributed by atoms with Crippen LogP contribution in [0.25, 0.3) is 11.1 Å². The zero-order chi connectivity index (χ0) is 16.1. The van der Waals surface area contributed by atoms with E-state index in [0.717, 1.165) is 16.7 Å². The molecule has 0 radical (unpaired) electrons. The van der Waals surface area contributed by atoms with Gasteiger partial charge >= 0.3 is 0 Å². The van der Waals surface area contributed by atoms with Gasteiger partial charge in [-0.2, -0.15) is 0 Å². The fourth-order valence-electron chi connectivity index (χ4n) is 2.40. The number of amides is 1. The highest BCUT2D eigenvalue weighted by atomic mass is 16.3. The maximum absolute atomic E-state index is 12.3. The highest BCUT2D eigenvalue weighted by Crippen LogP contribution is 2.20. The van der Waals surface area contributed by atoms with E-state index in [9.17, 15) is 4.79 Å². The first-order chi connectivity index (χ1) is 11.3. The fraction of sp³-hybridized carbons (Fsp3) is 0.0500. The van der Waals surface area contributed by atoms with Crippen LogP contribution >= 0.6 is 0 Å². The largest absolute Gasteiger partial charge is 0.392 e.